The lowest BCUT2D eigenvalue weighted by atomic mass is 10.0. The highest BCUT2D eigenvalue weighted by molar-refractivity contribution is 5.72. The molecule has 3 rings (SSSR count). The molecule has 1 aliphatic heterocycles. The molecule has 0 bridgehead atoms. The molecular weight excluding hydrogens is 247 g/mol. The number of oxazole rings is 1. The van der Waals surface area contributed by atoms with Gasteiger partial charge in [0, 0.05) is 12.6 Å². The molecule has 2 heterocycles. The Labute approximate surface area is 110 Å². The predicted molar refractivity (Wildman–Crippen MR) is 69.0 cm³/mol. The van der Waals surface area contributed by atoms with E-state index < -0.39 is 0 Å². The fourth-order valence-corrected chi connectivity index (χ4v) is 2.61. The Bertz CT molecular complexity index is 582. The Morgan fingerprint density at radius 1 is 1.58 bits per heavy atom. The highest BCUT2D eigenvalue weighted by Crippen LogP contribution is 2.23. The number of aliphatic hydroxyl groups is 1. The van der Waals surface area contributed by atoms with Crippen LogP contribution in [-0.2, 0) is 6.54 Å². The summed E-state index contributed by atoms with van der Waals surface area (Å²) in [5.41, 5.74) is 1.17. The number of likely N-dealkylation sites (tertiary alicyclic amines) is 1. The van der Waals surface area contributed by atoms with Crippen LogP contribution in [0, 0.1) is 11.7 Å². The van der Waals surface area contributed by atoms with Gasteiger partial charge in [0.05, 0.1) is 12.6 Å². The van der Waals surface area contributed by atoms with Crippen molar-refractivity contribution in [1.82, 2.24) is 9.88 Å². The van der Waals surface area contributed by atoms with Gasteiger partial charge in [0.15, 0.2) is 5.58 Å². The number of hydrogen-bond donors (Lipinski definition) is 1. The van der Waals surface area contributed by atoms with E-state index in [0.29, 0.717) is 29.5 Å². The summed E-state index contributed by atoms with van der Waals surface area (Å²) in [6.45, 7) is 4.23. The third kappa shape index (κ3) is 2.62. The topological polar surface area (TPSA) is 49.5 Å². The fraction of sp³-hybridized carbons (Fsp3) is 0.500. The number of aliphatic hydroxyl groups excluding tert-OH is 1. The third-order valence-electron chi connectivity index (χ3n) is 3.74. The number of benzene rings is 1. The number of hydrogen-bond acceptors (Lipinski definition) is 4. The quantitative estimate of drug-likeness (QED) is 0.923. The van der Waals surface area contributed by atoms with Gasteiger partial charge in [-0.1, -0.05) is 0 Å². The van der Waals surface area contributed by atoms with Crippen LogP contribution in [0.3, 0.4) is 0 Å². The van der Waals surface area contributed by atoms with Crippen molar-refractivity contribution in [3.8, 4) is 0 Å². The molecule has 5 heteroatoms. The summed E-state index contributed by atoms with van der Waals surface area (Å²) in [4.78, 5) is 6.50. The zero-order valence-corrected chi connectivity index (χ0v) is 10.8. The molecule has 0 radical (unpaired) electrons. The second kappa shape index (κ2) is 4.90. The minimum Gasteiger partial charge on any atom is -0.439 e. The minimum atomic E-state index is -0.303. The summed E-state index contributed by atoms with van der Waals surface area (Å²) in [7, 11) is 0. The number of nitrogens with zero attached hydrogens (tertiary/aromatic N) is 2. The Balaban J connectivity index is 1.72. The molecule has 0 spiro atoms. The maximum absolute atomic E-state index is 13.1. The van der Waals surface area contributed by atoms with E-state index in [0.717, 1.165) is 19.5 Å². The van der Waals surface area contributed by atoms with Crippen molar-refractivity contribution in [2.24, 2.45) is 5.92 Å². The molecule has 2 unspecified atom stereocenters. The molecule has 1 saturated heterocycles. The molecule has 102 valence electrons. The van der Waals surface area contributed by atoms with Crippen molar-refractivity contribution in [2.75, 3.05) is 13.1 Å². The van der Waals surface area contributed by atoms with Crippen molar-refractivity contribution in [2.45, 2.75) is 26.0 Å². The predicted octanol–water partition coefficient (Wildman–Crippen LogP) is 2.17. The van der Waals surface area contributed by atoms with Crippen molar-refractivity contribution in [3.63, 3.8) is 0 Å². The fourth-order valence-electron chi connectivity index (χ4n) is 2.61. The lowest BCUT2D eigenvalue weighted by molar-refractivity contribution is 0.126. The van der Waals surface area contributed by atoms with Gasteiger partial charge in [0.1, 0.15) is 11.3 Å². The first-order chi connectivity index (χ1) is 9.11. The Morgan fingerprint density at radius 2 is 2.42 bits per heavy atom. The lowest BCUT2D eigenvalue weighted by Gasteiger charge is -2.15. The summed E-state index contributed by atoms with van der Waals surface area (Å²) >= 11 is 0. The number of aromatic nitrogens is 1. The SMILES string of the molecule is CC(O)C1CCN(Cc2nc3cc(F)ccc3o2)C1. The van der Waals surface area contributed by atoms with E-state index in [1.165, 1.54) is 12.1 Å². The van der Waals surface area contributed by atoms with E-state index in [1.807, 2.05) is 6.92 Å². The van der Waals surface area contributed by atoms with Crippen molar-refractivity contribution < 1.29 is 13.9 Å². The van der Waals surface area contributed by atoms with Gasteiger partial charge in [-0.2, -0.15) is 0 Å². The monoisotopic (exact) mass is 264 g/mol. The second-order valence-corrected chi connectivity index (χ2v) is 5.24. The molecule has 4 nitrogen and oxygen atoms in total. The Hall–Kier alpha value is -1.46. The first-order valence-corrected chi connectivity index (χ1v) is 6.57. The van der Waals surface area contributed by atoms with Crippen LogP contribution in [0.25, 0.3) is 11.1 Å². The van der Waals surface area contributed by atoms with Crippen LogP contribution in [0.4, 0.5) is 4.39 Å². The lowest BCUT2D eigenvalue weighted by Crippen LogP contribution is -2.24. The zero-order chi connectivity index (χ0) is 13.4. The van der Waals surface area contributed by atoms with E-state index in [2.05, 4.69) is 9.88 Å². The van der Waals surface area contributed by atoms with Crippen LogP contribution in [0.15, 0.2) is 22.6 Å². The third-order valence-corrected chi connectivity index (χ3v) is 3.74. The largest absolute Gasteiger partial charge is 0.439 e. The van der Waals surface area contributed by atoms with Gasteiger partial charge in [0.25, 0.3) is 0 Å². The first-order valence-electron chi connectivity index (χ1n) is 6.57. The summed E-state index contributed by atoms with van der Waals surface area (Å²) in [6, 6.07) is 4.35. The van der Waals surface area contributed by atoms with Crippen molar-refractivity contribution >= 4 is 11.1 Å². The smallest absolute Gasteiger partial charge is 0.209 e. The molecule has 2 aromatic rings. The van der Waals surface area contributed by atoms with Crippen LogP contribution >= 0.6 is 0 Å². The van der Waals surface area contributed by atoms with E-state index >= 15 is 0 Å². The van der Waals surface area contributed by atoms with E-state index in [9.17, 15) is 9.50 Å². The van der Waals surface area contributed by atoms with Crippen LogP contribution in [-0.4, -0.2) is 34.2 Å². The van der Waals surface area contributed by atoms with Crippen molar-refractivity contribution in [3.05, 3.63) is 29.9 Å². The molecule has 1 N–H and O–H groups in total. The zero-order valence-electron chi connectivity index (χ0n) is 10.8. The summed E-state index contributed by atoms with van der Waals surface area (Å²) in [5, 5.41) is 9.57. The normalized spacial score (nSPS) is 22.2. The molecule has 0 saturated carbocycles. The van der Waals surface area contributed by atoms with Gasteiger partial charge in [-0.05, 0) is 37.9 Å². The first kappa shape index (κ1) is 12.6. The second-order valence-electron chi connectivity index (χ2n) is 5.24. The Morgan fingerprint density at radius 3 is 3.16 bits per heavy atom. The van der Waals surface area contributed by atoms with E-state index in [1.54, 1.807) is 6.07 Å². The number of fused-ring (bicyclic) bond motifs is 1. The van der Waals surface area contributed by atoms with E-state index in [4.69, 9.17) is 4.42 Å². The highest BCUT2D eigenvalue weighted by Gasteiger charge is 2.26. The molecule has 1 fully saturated rings. The average molecular weight is 264 g/mol. The van der Waals surface area contributed by atoms with Crippen LogP contribution in [0.2, 0.25) is 0 Å². The highest BCUT2D eigenvalue weighted by atomic mass is 19.1. The summed E-state index contributed by atoms with van der Waals surface area (Å²) in [5.74, 6) is 0.622. The van der Waals surface area contributed by atoms with E-state index in [-0.39, 0.29) is 11.9 Å². The Kier molecular flexibility index (Phi) is 3.24. The van der Waals surface area contributed by atoms with Gasteiger partial charge >= 0.3 is 0 Å². The van der Waals surface area contributed by atoms with Crippen LogP contribution in [0.1, 0.15) is 19.2 Å². The summed E-state index contributed by atoms with van der Waals surface area (Å²) < 4.78 is 18.7. The molecule has 1 aromatic heterocycles. The number of rotatable bonds is 3. The van der Waals surface area contributed by atoms with Gasteiger partial charge in [-0.15, -0.1) is 0 Å². The molecular formula is C14H17FN2O2. The van der Waals surface area contributed by atoms with Gasteiger partial charge in [-0.25, -0.2) is 9.37 Å². The van der Waals surface area contributed by atoms with Crippen LogP contribution < -0.4 is 0 Å². The standard InChI is InChI=1S/C14H17FN2O2/c1-9(18)10-4-5-17(7-10)8-14-16-12-6-11(15)2-3-13(12)19-14/h2-3,6,9-10,18H,4-5,7-8H2,1H3. The molecule has 0 aliphatic carbocycles. The molecule has 0 amide bonds. The van der Waals surface area contributed by atoms with Gasteiger partial charge in [0.2, 0.25) is 5.89 Å². The van der Waals surface area contributed by atoms with Crippen molar-refractivity contribution in [1.29, 1.82) is 0 Å². The molecule has 1 aromatic carbocycles. The maximum atomic E-state index is 13.1. The molecule has 19 heavy (non-hydrogen) atoms. The van der Waals surface area contributed by atoms with Gasteiger partial charge in [-0.3, -0.25) is 4.90 Å². The maximum Gasteiger partial charge on any atom is 0.209 e. The number of halogens is 1. The van der Waals surface area contributed by atoms with Gasteiger partial charge < -0.3 is 9.52 Å². The van der Waals surface area contributed by atoms with Crippen LogP contribution in [0.5, 0.6) is 0 Å². The average Bonchev–Trinajstić information content (AvgIpc) is 2.95. The summed E-state index contributed by atoms with van der Waals surface area (Å²) in [6.07, 6.45) is 0.717. The molecule has 2 atom stereocenters. The molecule has 1 aliphatic rings. The minimum absolute atomic E-state index is 0.275.